The minimum atomic E-state index is -0.0691. The van der Waals surface area contributed by atoms with E-state index in [1.165, 1.54) is 19.3 Å². The van der Waals surface area contributed by atoms with Crippen LogP contribution in [0.2, 0.25) is 0 Å². The third kappa shape index (κ3) is 1.92. The van der Waals surface area contributed by atoms with E-state index in [2.05, 4.69) is 12.2 Å². The molecule has 2 aliphatic rings. The molecule has 3 heteroatoms. The first-order valence-electron chi connectivity index (χ1n) is 5.53. The van der Waals surface area contributed by atoms with E-state index in [-0.39, 0.29) is 18.1 Å². The van der Waals surface area contributed by atoms with Crippen LogP contribution in [0.15, 0.2) is 0 Å². The maximum absolute atomic E-state index is 11.3. The van der Waals surface area contributed by atoms with E-state index >= 15 is 0 Å². The third-order valence-corrected chi connectivity index (χ3v) is 3.51. The molecule has 14 heavy (non-hydrogen) atoms. The lowest BCUT2D eigenvalue weighted by atomic mass is 9.70. The highest BCUT2D eigenvalue weighted by Gasteiger charge is 2.36. The fourth-order valence-electron chi connectivity index (χ4n) is 2.25. The Morgan fingerprint density at radius 1 is 1.57 bits per heavy atom. The fourth-order valence-corrected chi connectivity index (χ4v) is 2.25. The molecule has 0 aromatic heterocycles. The van der Waals surface area contributed by atoms with Gasteiger partial charge in [-0.3, -0.25) is 4.79 Å². The summed E-state index contributed by atoms with van der Waals surface area (Å²) in [5.74, 6) is -0.0691. The van der Waals surface area contributed by atoms with Gasteiger partial charge in [-0.1, -0.05) is 13.3 Å². The van der Waals surface area contributed by atoms with Gasteiger partial charge in [0, 0.05) is 13.0 Å². The normalized spacial score (nSPS) is 35.1. The lowest BCUT2D eigenvalue weighted by Gasteiger charge is -2.39. The van der Waals surface area contributed by atoms with Crippen molar-refractivity contribution in [1.29, 1.82) is 0 Å². The predicted molar refractivity (Wildman–Crippen MR) is 53.9 cm³/mol. The van der Waals surface area contributed by atoms with Crippen molar-refractivity contribution in [1.82, 2.24) is 5.32 Å². The molecule has 2 rings (SSSR count). The molecule has 1 aliphatic heterocycles. The average Bonchev–Trinajstić information content (AvgIpc) is 2.38. The number of hydrogen-bond donors (Lipinski definition) is 1. The maximum Gasteiger partial charge on any atom is 0.323 e. The van der Waals surface area contributed by atoms with Gasteiger partial charge >= 0.3 is 5.97 Å². The van der Waals surface area contributed by atoms with Gasteiger partial charge in [-0.25, -0.2) is 0 Å². The molecule has 0 bridgehead atoms. The summed E-state index contributed by atoms with van der Waals surface area (Å²) in [4.78, 5) is 11.3. The molecule has 2 unspecified atom stereocenters. The zero-order valence-electron chi connectivity index (χ0n) is 9.01. The van der Waals surface area contributed by atoms with Crippen LogP contribution in [-0.2, 0) is 9.53 Å². The van der Waals surface area contributed by atoms with Crippen LogP contribution in [0, 0.1) is 5.41 Å². The standard InChI is InChI=1S/C11H19NO2/c1-8-6-9(10(13)14-8)12-7-11(2)4-3-5-11/h8-9,12H,3-7H2,1-2H3. The van der Waals surface area contributed by atoms with Crippen LogP contribution in [-0.4, -0.2) is 24.7 Å². The second-order valence-electron chi connectivity index (χ2n) is 5.08. The zero-order chi connectivity index (χ0) is 10.2. The van der Waals surface area contributed by atoms with Gasteiger partial charge in [-0.2, -0.15) is 0 Å². The molecule has 0 aromatic rings. The molecular weight excluding hydrogens is 178 g/mol. The van der Waals surface area contributed by atoms with Gasteiger partial charge in [-0.05, 0) is 25.2 Å². The summed E-state index contributed by atoms with van der Waals surface area (Å²) >= 11 is 0. The minimum absolute atomic E-state index is 0.0533. The van der Waals surface area contributed by atoms with Crippen molar-refractivity contribution >= 4 is 5.97 Å². The molecule has 0 amide bonds. The van der Waals surface area contributed by atoms with Gasteiger partial charge in [0.1, 0.15) is 12.1 Å². The predicted octanol–water partition coefficient (Wildman–Crippen LogP) is 1.47. The van der Waals surface area contributed by atoms with Crippen LogP contribution in [0.25, 0.3) is 0 Å². The SMILES string of the molecule is CC1CC(NCC2(C)CCC2)C(=O)O1. The van der Waals surface area contributed by atoms with Crippen LogP contribution in [0.1, 0.15) is 39.5 Å². The van der Waals surface area contributed by atoms with Crippen LogP contribution >= 0.6 is 0 Å². The summed E-state index contributed by atoms with van der Waals surface area (Å²) in [5, 5.41) is 3.33. The highest BCUT2D eigenvalue weighted by molar-refractivity contribution is 5.77. The monoisotopic (exact) mass is 197 g/mol. The first-order valence-corrected chi connectivity index (χ1v) is 5.53. The summed E-state index contributed by atoms with van der Waals surface area (Å²) in [5.41, 5.74) is 0.437. The molecule has 1 heterocycles. The smallest absolute Gasteiger partial charge is 0.323 e. The van der Waals surface area contributed by atoms with Crippen LogP contribution in [0.4, 0.5) is 0 Å². The van der Waals surface area contributed by atoms with Gasteiger partial charge in [-0.15, -0.1) is 0 Å². The molecule has 0 spiro atoms. The lowest BCUT2D eigenvalue weighted by molar-refractivity contribution is -0.142. The van der Waals surface area contributed by atoms with E-state index in [1.54, 1.807) is 0 Å². The van der Waals surface area contributed by atoms with E-state index in [0.29, 0.717) is 5.41 Å². The van der Waals surface area contributed by atoms with Gasteiger partial charge in [0.05, 0.1) is 0 Å². The third-order valence-electron chi connectivity index (χ3n) is 3.51. The van der Waals surface area contributed by atoms with E-state index in [9.17, 15) is 4.79 Å². The Morgan fingerprint density at radius 2 is 2.29 bits per heavy atom. The lowest BCUT2D eigenvalue weighted by Crippen LogP contribution is -2.43. The first kappa shape index (κ1) is 9.97. The number of nitrogens with one attached hydrogen (secondary N) is 1. The minimum Gasteiger partial charge on any atom is -0.461 e. The molecule has 2 atom stereocenters. The van der Waals surface area contributed by atoms with Crippen LogP contribution in [0.3, 0.4) is 0 Å². The maximum atomic E-state index is 11.3. The number of cyclic esters (lactones) is 1. The Labute approximate surface area is 85.2 Å². The molecule has 80 valence electrons. The van der Waals surface area contributed by atoms with Crippen molar-refractivity contribution in [2.24, 2.45) is 5.41 Å². The van der Waals surface area contributed by atoms with E-state index in [1.807, 2.05) is 6.92 Å². The summed E-state index contributed by atoms with van der Waals surface area (Å²) < 4.78 is 5.09. The van der Waals surface area contributed by atoms with Gasteiger partial charge in [0.15, 0.2) is 0 Å². The molecule has 1 saturated heterocycles. The second-order valence-corrected chi connectivity index (χ2v) is 5.08. The van der Waals surface area contributed by atoms with Gasteiger partial charge in [0.2, 0.25) is 0 Å². The van der Waals surface area contributed by atoms with Crippen LogP contribution in [0.5, 0.6) is 0 Å². The second kappa shape index (κ2) is 3.54. The Kier molecular flexibility index (Phi) is 2.52. The van der Waals surface area contributed by atoms with Gasteiger partial charge < -0.3 is 10.1 Å². The Bertz CT molecular complexity index is 235. The molecule has 0 aromatic carbocycles. The molecule has 1 aliphatic carbocycles. The number of rotatable bonds is 3. The van der Waals surface area contributed by atoms with Crippen molar-refractivity contribution in [3.63, 3.8) is 0 Å². The Balaban J connectivity index is 1.78. The number of hydrogen-bond acceptors (Lipinski definition) is 3. The number of ether oxygens (including phenoxy) is 1. The van der Waals surface area contributed by atoms with Crippen molar-refractivity contribution in [2.45, 2.75) is 51.7 Å². The summed E-state index contributed by atoms with van der Waals surface area (Å²) in [6.07, 6.45) is 4.84. The quantitative estimate of drug-likeness (QED) is 0.696. The molecule has 2 fully saturated rings. The van der Waals surface area contributed by atoms with Crippen molar-refractivity contribution in [3.8, 4) is 0 Å². The van der Waals surface area contributed by atoms with Gasteiger partial charge in [0.25, 0.3) is 0 Å². The Hall–Kier alpha value is -0.570. The summed E-state index contributed by atoms with van der Waals surface area (Å²) in [6.45, 7) is 5.19. The molecule has 3 nitrogen and oxygen atoms in total. The number of esters is 1. The fraction of sp³-hybridized carbons (Fsp3) is 0.909. The zero-order valence-corrected chi connectivity index (χ0v) is 9.01. The largest absolute Gasteiger partial charge is 0.461 e. The molecule has 1 N–H and O–H groups in total. The van der Waals surface area contributed by atoms with E-state index in [4.69, 9.17) is 4.74 Å². The highest BCUT2D eigenvalue weighted by atomic mass is 16.6. The van der Waals surface area contributed by atoms with Crippen molar-refractivity contribution in [2.75, 3.05) is 6.54 Å². The average molecular weight is 197 g/mol. The van der Waals surface area contributed by atoms with Crippen LogP contribution < -0.4 is 5.32 Å². The summed E-state index contributed by atoms with van der Waals surface area (Å²) in [7, 11) is 0. The molecule has 0 radical (unpaired) electrons. The molecular formula is C11H19NO2. The topological polar surface area (TPSA) is 38.3 Å². The van der Waals surface area contributed by atoms with E-state index < -0.39 is 0 Å². The number of carbonyl (C=O) groups is 1. The highest BCUT2D eigenvalue weighted by Crippen LogP contribution is 2.39. The van der Waals surface area contributed by atoms with Crippen molar-refractivity contribution < 1.29 is 9.53 Å². The van der Waals surface area contributed by atoms with Crippen molar-refractivity contribution in [3.05, 3.63) is 0 Å². The summed E-state index contributed by atoms with van der Waals surface area (Å²) in [6, 6.07) is -0.0533. The molecule has 1 saturated carbocycles. The number of carbonyl (C=O) groups excluding carboxylic acids is 1. The van der Waals surface area contributed by atoms with E-state index in [0.717, 1.165) is 13.0 Å². The first-order chi connectivity index (χ1) is 6.59. The Morgan fingerprint density at radius 3 is 2.71 bits per heavy atom.